The average molecular weight is 558 g/mol. The zero-order valence-corrected chi connectivity index (χ0v) is 24.1. The van der Waals surface area contributed by atoms with Crippen LogP contribution >= 0.6 is 0 Å². The fraction of sp³-hybridized carbons (Fsp3) is 0.323. The zero-order chi connectivity index (χ0) is 28.9. The van der Waals surface area contributed by atoms with Gasteiger partial charge in [0.2, 0.25) is 0 Å². The Morgan fingerprint density at radius 3 is 2.27 bits per heavy atom. The quantitative estimate of drug-likeness (QED) is 0.284. The number of hydrogen-bond donors (Lipinski definition) is 0. The third kappa shape index (κ3) is 5.63. The summed E-state index contributed by atoms with van der Waals surface area (Å²) in [4.78, 5) is 28.3. The van der Waals surface area contributed by atoms with Crippen molar-refractivity contribution in [2.45, 2.75) is 6.92 Å². The molecule has 0 aliphatic carbocycles. The van der Waals surface area contributed by atoms with E-state index in [-0.39, 0.29) is 6.09 Å². The number of pyridine rings is 2. The second kappa shape index (κ2) is 12.2. The van der Waals surface area contributed by atoms with Crippen LogP contribution in [0, 0.1) is 0 Å². The number of methoxy groups -OCH3 is 3. The van der Waals surface area contributed by atoms with Gasteiger partial charge < -0.3 is 33.6 Å². The summed E-state index contributed by atoms with van der Waals surface area (Å²) in [6.07, 6.45) is 1.53. The van der Waals surface area contributed by atoms with Crippen molar-refractivity contribution in [1.29, 1.82) is 0 Å². The van der Waals surface area contributed by atoms with E-state index in [1.54, 1.807) is 32.4 Å². The Balaban J connectivity index is 1.61. The molecule has 0 N–H and O–H groups in total. The van der Waals surface area contributed by atoms with Gasteiger partial charge in [-0.15, -0.1) is 0 Å². The summed E-state index contributed by atoms with van der Waals surface area (Å²) in [5.41, 5.74) is 5.28. The molecule has 10 heteroatoms. The van der Waals surface area contributed by atoms with Crippen molar-refractivity contribution in [3.05, 3.63) is 60.8 Å². The summed E-state index contributed by atoms with van der Waals surface area (Å²) in [6, 6.07) is 17.8. The first-order chi connectivity index (χ1) is 20.0. The van der Waals surface area contributed by atoms with Gasteiger partial charge in [-0.1, -0.05) is 6.07 Å². The minimum Gasteiger partial charge on any atom is -0.497 e. The first-order valence-electron chi connectivity index (χ1n) is 13.5. The zero-order valence-electron chi connectivity index (χ0n) is 24.1. The lowest BCUT2D eigenvalue weighted by Crippen LogP contribution is -2.49. The Morgan fingerprint density at radius 1 is 0.878 bits per heavy atom. The Morgan fingerprint density at radius 2 is 1.61 bits per heavy atom. The first kappa shape index (κ1) is 27.8. The lowest BCUT2D eigenvalue weighted by molar-refractivity contribution is 0.105. The third-order valence-electron chi connectivity index (χ3n) is 7.30. The van der Waals surface area contributed by atoms with Gasteiger partial charge in [-0.2, -0.15) is 0 Å². The van der Waals surface area contributed by atoms with Crippen LogP contribution in [-0.2, 0) is 4.74 Å². The van der Waals surface area contributed by atoms with Crippen molar-refractivity contribution in [3.63, 3.8) is 0 Å². The number of carbonyl (C=O) groups is 1. The van der Waals surface area contributed by atoms with Gasteiger partial charge in [0.15, 0.2) is 11.5 Å². The molecular weight excluding hydrogens is 522 g/mol. The van der Waals surface area contributed by atoms with Crippen molar-refractivity contribution < 1.29 is 23.7 Å². The number of fused-ring (bicyclic) bond motifs is 1. The molecule has 0 spiro atoms. The highest BCUT2D eigenvalue weighted by atomic mass is 16.6. The van der Waals surface area contributed by atoms with Crippen LogP contribution in [-0.4, -0.2) is 82.1 Å². The van der Waals surface area contributed by atoms with Gasteiger partial charge >= 0.3 is 6.09 Å². The highest BCUT2D eigenvalue weighted by Crippen LogP contribution is 2.39. The number of amides is 1. The molecule has 5 rings (SSSR count). The van der Waals surface area contributed by atoms with E-state index in [1.165, 1.54) is 0 Å². The van der Waals surface area contributed by atoms with E-state index < -0.39 is 0 Å². The largest absolute Gasteiger partial charge is 0.497 e. The highest BCUT2D eigenvalue weighted by Gasteiger charge is 2.25. The number of rotatable bonds is 8. The average Bonchev–Trinajstić information content (AvgIpc) is 3.03. The molecule has 1 aliphatic heterocycles. The number of hydrogen-bond acceptors (Lipinski definition) is 9. The van der Waals surface area contributed by atoms with Gasteiger partial charge in [-0.3, -0.25) is 4.98 Å². The fourth-order valence-electron chi connectivity index (χ4n) is 5.02. The van der Waals surface area contributed by atoms with Gasteiger partial charge in [0.25, 0.3) is 0 Å². The van der Waals surface area contributed by atoms with Crippen LogP contribution in [0.3, 0.4) is 0 Å². The van der Waals surface area contributed by atoms with Crippen molar-refractivity contribution >= 4 is 34.3 Å². The van der Waals surface area contributed by atoms with Crippen LogP contribution in [0.2, 0.25) is 0 Å². The molecule has 1 saturated heterocycles. The molecule has 214 valence electrons. The molecular formula is C31H35N5O5. The molecule has 1 amide bonds. The summed E-state index contributed by atoms with van der Waals surface area (Å²) < 4.78 is 21.6. The second-order valence-corrected chi connectivity index (χ2v) is 9.56. The minimum atomic E-state index is -0.279. The topological polar surface area (TPSA) is 89.5 Å². The molecule has 2 aromatic carbocycles. The monoisotopic (exact) mass is 557 g/mol. The number of benzene rings is 2. The molecule has 4 aromatic rings. The standard InChI is InChI=1S/C31H35N5O5/c1-6-41-31(37)36-17-15-35(16-18-36)28-20-25(34(2)22-8-10-23(38-3)11-9-22)30-29(33-28)24(13-14-32-30)21-7-12-26(39-4)27(19-21)40-5/h7-14,19-20H,6,15-18H2,1-5H3. The molecule has 2 aromatic heterocycles. The van der Waals surface area contributed by atoms with Crippen LogP contribution in [0.5, 0.6) is 17.2 Å². The summed E-state index contributed by atoms with van der Waals surface area (Å²) in [7, 11) is 6.92. The number of ether oxygens (including phenoxy) is 4. The predicted octanol–water partition coefficient (Wildman–Crippen LogP) is 5.37. The van der Waals surface area contributed by atoms with Crippen LogP contribution in [0.4, 0.5) is 22.0 Å². The van der Waals surface area contributed by atoms with Gasteiger partial charge in [0.05, 0.1) is 33.6 Å². The molecule has 1 fully saturated rings. The number of nitrogens with zero attached hydrogens (tertiary/aromatic N) is 5. The highest BCUT2D eigenvalue weighted by molar-refractivity contribution is 6.00. The second-order valence-electron chi connectivity index (χ2n) is 9.56. The molecule has 0 bridgehead atoms. The molecule has 3 heterocycles. The molecule has 41 heavy (non-hydrogen) atoms. The maximum absolute atomic E-state index is 12.3. The van der Waals surface area contributed by atoms with Gasteiger partial charge in [-0.05, 0) is 55.0 Å². The number of anilines is 3. The van der Waals surface area contributed by atoms with E-state index in [2.05, 4.69) is 15.9 Å². The smallest absolute Gasteiger partial charge is 0.409 e. The van der Waals surface area contributed by atoms with E-state index in [1.807, 2.05) is 62.5 Å². The number of aromatic nitrogens is 2. The maximum Gasteiger partial charge on any atom is 0.409 e. The summed E-state index contributed by atoms with van der Waals surface area (Å²) in [5, 5.41) is 0. The maximum atomic E-state index is 12.3. The Kier molecular flexibility index (Phi) is 8.28. The minimum absolute atomic E-state index is 0.279. The normalized spacial score (nSPS) is 13.2. The van der Waals surface area contributed by atoms with E-state index in [4.69, 9.17) is 28.9 Å². The molecule has 0 atom stereocenters. The van der Waals surface area contributed by atoms with Crippen LogP contribution in [0.15, 0.2) is 60.8 Å². The SMILES string of the molecule is CCOC(=O)N1CCN(c2cc(N(C)c3ccc(OC)cc3)c3nccc(-c4ccc(OC)c(OC)c4)c3n2)CC1. The van der Waals surface area contributed by atoms with Crippen molar-refractivity contribution in [1.82, 2.24) is 14.9 Å². The van der Waals surface area contributed by atoms with E-state index in [0.29, 0.717) is 44.3 Å². The molecule has 1 aliphatic rings. The molecule has 0 radical (unpaired) electrons. The lowest BCUT2D eigenvalue weighted by Gasteiger charge is -2.35. The van der Waals surface area contributed by atoms with E-state index >= 15 is 0 Å². The third-order valence-corrected chi connectivity index (χ3v) is 7.30. The van der Waals surface area contributed by atoms with Gasteiger partial charge in [0, 0.05) is 56.7 Å². The summed E-state index contributed by atoms with van der Waals surface area (Å²) in [6.45, 7) is 4.55. The molecule has 10 nitrogen and oxygen atoms in total. The van der Waals surface area contributed by atoms with Crippen LogP contribution in [0.25, 0.3) is 22.2 Å². The van der Waals surface area contributed by atoms with E-state index in [9.17, 15) is 4.79 Å². The predicted molar refractivity (Wildman–Crippen MR) is 160 cm³/mol. The summed E-state index contributed by atoms with van der Waals surface area (Å²) in [5.74, 6) is 2.89. The summed E-state index contributed by atoms with van der Waals surface area (Å²) >= 11 is 0. The van der Waals surface area contributed by atoms with Crippen molar-refractivity contribution in [2.24, 2.45) is 0 Å². The fourth-order valence-corrected chi connectivity index (χ4v) is 5.02. The Labute approximate surface area is 240 Å². The molecule has 0 saturated carbocycles. The van der Waals surface area contributed by atoms with E-state index in [0.717, 1.165) is 45.1 Å². The Hall–Kier alpha value is -4.73. The van der Waals surface area contributed by atoms with Crippen molar-refractivity contribution in [3.8, 4) is 28.4 Å². The lowest BCUT2D eigenvalue weighted by atomic mass is 10.0. The number of piperazine rings is 1. The van der Waals surface area contributed by atoms with Gasteiger partial charge in [-0.25, -0.2) is 9.78 Å². The van der Waals surface area contributed by atoms with Crippen LogP contribution in [0.1, 0.15) is 6.92 Å². The molecule has 0 unspecified atom stereocenters. The Bertz CT molecular complexity index is 1520. The van der Waals surface area contributed by atoms with Crippen molar-refractivity contribution in [2.75, 3.05) is 71.0 Å². The number of carbonyl (C=O) groups excluding carboxylic acids is 1. The first-order valence-corrected chi connectivity index (χ1v) is 13.5. The van der Waals surface area contributed by atoms with Crippen LogP contribution < -0.4 is 24.0 Å². The van der Waals surface area contributed by atoms with Gasteiger partial charge in [0.1, 0.15) is 22.6 Å².